The molecule has 0 saturated heterocycles. The third kappa shape index (κ3) is 9.04. The number of hydrogen-bond acceptors (Lipinski definition) is 3. The fraction of sp³-hybridized carbons (Fsp3) is 0.381. The molecule has 2 aromatic carbocycles. The molecule has 0 bridgehead atoms. The highest BCUT2D eigenvalue weighted by atomic mass is 79.9. The molecule has 2 rings (SSSR count). The predicted molar refractivity (Wildman–Crippen MR) is 117 cm³/mol. The summed E-state index contributed by atoms with van der Waals surface area (Å²) in [6, 6.07) is 12.2. The lowest BCUT2D eigenvalue weighted by Crippen LogP contribution is -2.43. The van der Waals surface area contributed by atoms with Gasteiger partial charge in [0.1, 0.15) is 11.6 Å². The van der Waals surface area contributed by atoms with Gasteiger partial charge in [0, 0.05) is 22.1 Å². The van der Waals surface area contributed by atoms with Gasteiger partial charge in [-0.3, -0.25) is 4.79 Å². The maximum absolute atomic E-state index is 12.9. The average molecular weight is 474 g/mol. The normalized spacial score (nSPS) is 10.9. The molecule has 4 nitrogen and oxygen atoms in total. The van der Waals surface area contributed by atoms with Crippen molar-refractivity contribution in [2.75, 3.05) is 13.2 Å². The molecule has 154 valence electrons. The summed E-state index contributed by atoms with van der Waals surface area (Å²) in [7, 11) is 0. The fourth-order valence-electron chi connectivity index (χ4n) is 2.53. The van der Waals surface area contributed by atoms with Crippen molar-refractivity contribution < 1.29 is 13.9 Å². The van der Waals surface area contributed by atoms with Crippen LogP contribution in [-0.2, 0) is 17.8 Å². The summed E-state index contributed by atoms with van der Waals surface area (Å²) in [4.78, 5) is 12.0. The topological polar surface area (TPSA) is 50.4 Å². The van der Waals surface area contributed by atoms with E-state index in [-0.39, 0.29) is 36.3 Å². The Morgan fingerprint density at radius 3 is 2.46 bits per heavy atom. The lowest BCUT2D eigenvalue weighted by Gasteiger charge is -2.21. The minimum Gasteiger partial charge on any atom is -0.483 e. The van der Waals surface area contributed by atoms with Gasteiger partial charge in [-0.25, -0.2) is 4.39 Å². The third-order valence-corrected chi connectivity index (χ3v) is 4.21. The number of nitrogens with one attached hydrogen (secondary N) is 2. The van der Waals surface area contributed by atoms with E-state index in [1.165, 1.54) is 12.1 Å². The van der Waals surface area contributed by atoms with Crippen LogP contribution in [0.5, 0.6) is 5.75 Å². The Labute approximate surface area is 180 Å². The second-order valence-corrected chi connectivity index (χ2v) is 8.31. The number of rotatable bonds is 8. The summed E-state index contributed by atoms with van der Waals surface area (Å²) in [5.74, 6) is 0.301. The molecule has 0 atom stereocenters. The summed E-state index contributed by atoms with van der Waals surface area (Å²) in [5, 5.41) is 6.24. The van der Waals surface area contributed by atoms with Crippen molar-refractivity contribution in [3.8, 4) is 5.75 Å². The van der Waals surface area contributed by atoms with Gasteiger partial charge >= 0.3 is 0 Å². The van der Waals surface area contributed by atoms with Crippen LogP contribution in [0.2, 0.25) is 0 Å². The van der Waals surface area contributed by atoms with Crippen molar-refractivity contribution in [2.45, 2.75) is 39.3 Å². The lowest BCUT2D eigenvalue weighted by atomic mass is 10.1. The van der Waals surface area contributed by atoms with Crippen LogP contribution in [0.3, 0.4) is 0 Å². The van der Waals surface area contributed by atoms with Crippen LogP contribution in [-0.4, -0.2) is 24.6 Å². The number of ether oxygens (including phenoxy) is 1. The van der Waals surface area contributed by atoms with Gasteiger partial charge in [0.15, 0.2) is 6.61 Å². The van der Waals surface area contributed by atoms with Gasteiger partial charge in [-0.1, -0.05) is 28.1 Å². The van der Waals surface area contributed by atoms with Crippen LogP contribution < -0.4 is 15.4 Å². The third-order valence-electron chi connectivity index (χ3n) is 3.71. The first-order valence-corrected chi connectivity index (χ1v) is 9.70. The largest absolute Gasteiger partial charge is 0.483 e. The Morgan fingerprint density at radius 2 is 1.82 bits per heavy atom. The number of amides is 1. The van der Waals surface area contributed by atoms with Crippen molar-refractivity contribution in [2.24, 2.45) is 0 Å². The highest BCUT2D eigenvalue weighted by molar-refractivity contribution is 9.10. The molecule has 0 radical (unpaired) electrons. The van der Waals surface area contributed by atoms with Gasteiger partial charge in [0.25, 0.3) is 5.91 Å². The first-order valence-electron chi connectivity index (χ1n) is 8.90. The summed E-state index contributed by atoms with van der Waals surface area (Å²) < 4.78 is 19.6. The first kappa shape index (κ1) is 24.4. The number of benzene rings is 2. The van der Waals surface area contributed by atoms with E-state index < -0.39 is 0 Å². The van der Waals surface area contributed by atoms with Gasteiger partial charge in [-0.2, -0.15) is 0 Å². The molecule has 2 N–H and O–H groups in total. The van der Waals surface area contributed by atoms with Crippen LogP contribution in [0.1, 0.15) is 31.9 Å². The van der Waals surface area contributed by atoms with Crippen molar-refractivity contribution in [3.63, 3.8) is 0 Å². The highest BCUT2D eigenvalue weighted by Crippen LogP contribution is 2.23. The monoisotopic (exact) mass is 472 g/mol. The molecule has 28 heavy (non-hydrogen) atoms. The molecule has 0 saturated carbocycles. The zero-order chi connectivity index (χ0) is 19.9. The Morgan fingerprint density at radius 1 is 1.14 bits per heavy atom. The molecule has 0 aliphatic carbocycles. The van der Waals surface area contributed by atoms with Gasteiger partial charge in [0.05, 0.1) is 0 Å². The van der Waals surface area contributed by atoms with E-state index in [9.17, 15) is 9.18 Å². The first-order chi connectivity index (χ1) is 12.7. The molecule has 0 aliphatic heterocycles. The number of carbonyl (C=O) groups excluding carboxylic acids is 1. The van der Waals surface area contributed by atoms with Crippen LogP contribution in [0, 0.1) is 5.82 Å². The van der Waals surface area contributed by atoms with E-state index in [1.807, 2.05) is 39.0 Å². The van der Waals surface area contributed by atoms with Gasteiger partial charge < -0.3 is 15.4 Å². The summed E-state index contributed by atoms with van der Waals surface area (Å²) >= 11 is 3.47. The minimum absolute atomic E-state index is 0. The highest BCUT2D eigenvalue weighted by Gasteiger charge is 2.14. The molecule has 0 aromatic heterocycles. The zero-order valence-electron chi connectivity index (χ0n) is 16.4. The predicted octanol–water partition coefficient (Wildman–Crippen LogP) is 4.64. The van der Waals surface area contributed by atoms with Gasteiger partial charge in [0.2, 0.25) is 0 Å². The molecule has 0 spiro atoms. The molecule has 0 unspecified atom stereocenters. The Kier molecular flexibility index (Phi) is 9.93. The van der Waals surface area contributed by atoms with Crippen molar-refractivity contribution >= 4 is 34.2 Å². The molecule has 1 amide bonds. The molecule has 0 heterocycles. The standard InChI is InChI=1S/C21H26BrFN2O2.ClH/c1-21(2,3)25-20(26)14-27-19-9-6-17(22)12-16(19)13-24-11-10-15-4-7-18(23)8-5-15;/h4-9,12,24H,10-11,13-14H2,1-3H3,(H,25,26);1H. The van der Waals surface area contributed by atoms with Crippen molar-refractivity contribution in [3.05, 3.63) is 63.9 Å². The molecule has 0 aliphatic rings. The van der Waals surface area contributed by atoms with E-state index in [0.717, 1.165) is 28.6 Å². The number of hydrogen-bond donors (Lipinski definition) is 2. The van der Waals surface area contributed by atoms with Crippen molar-refractivity contribution in [1.82, 2.24) is 10.6 Å². The smallest absolute Gasteiger partial charge is 0.258 e. The fourth-order valence-corrected chi connectivity index (χ4v) is 2.94. The summed E-state index contributed by atoms with van der Waals surface area (Å²) in [6.45, 7) is 7.13. The van der Waals surface area contributed by atoms with E-state index in [2.05, 4.69) is 26.6 Å². The van der Waals surface area contributed by atoms with Gasteiger partial charge in [-0.05, 0) is 69.6 Å². The minimum atomic E-state index is -0.287. The maximum atomic E-state index is 12.9. The van der Waals surface area contributed by atoms with Crippen molar-refractivity contribution in [1.29, 1.82) is 0 Å². The summed E-state index contributed by atoms with van der Waals surface area (Å²) in [5.41, 5.74) is 1.76. The molecule has 2 aromatic rings. The Bertz CT molecular complexity index is 764. The Hall–Kier alpha value is -1.63. The van der Waals surface area contributed by atoms with E-state index in [0.29, 0.717) is 12.3 Å². The molecular formula is C21H27BrClFN2O2. The van der Waals surface area contributed by atoms with Crippen LogP contribution in [0.15, 0.2) is 46.9 Å². The summed E-state index contributed by atoms with van der Waals surface area (Å²) in [6.07, 6.45) is 0.804. The SMILES string of the molecule is CC(C)(C)NC(=O)COc1ccc(Br)cc1CNCCc1ccc(F)cc1.Cl. The maximum Gasteiger partial charge on any atom is 0.258 e. The number of halogens is 3. The molecule has 7 heteroatoms. The second kappa shape index (κ2) is 11.4. The zero-order valence-corrected chi connectivity index (χ0v) is 18.8. The average Bonchev–Trinajstić information content (AvgIpc) is 2.58. The van der Waals surface area contributed by atoms with Gasteiger partial charge in [-0.15, -0.1) is 12.4 Å². The molecular weight excluding hydrogens is 447 g/mol. The molecule has 0 fully saturated rings. The van der Waals surface area contributed by atoms with E-state index in [1.54, 1.807) is 12.1 Å². The Balaban J connectivity index is 0.00000392. The van der Waals surface area contributed by atoms with Crippen LogP contribution >= 0.6 is 28.3 Å². The van der Waals surface area contributed by atoms with E-state index >= 15 is 0 Å². The lowest BCUT2D eigenvalue weighted by molar-refractivity contribution is -0.124. The van der Waals surface area contributed by atoms with E-state index in [4.69, 9.17) is 4.74 Å². The van der Waals surface area contributed by atoms with Crippen LogP contribution in [0.4, 0.5) is 4.39 Å². The second-order valence-electron chi connectivity index (χ2n) is 7.39. The number of carbonyl (C=O) groups is 1. The quantitative estimate of drug-likeness (QED) is 0.549. The van der Waals surface area contributed by atoms with Crippen LogP contribution in [0.25, 0.3) is 0 Å².